The van der Waals surface area contributed by atoms with Crippen molar-refractivity contribution >= 4 is 6.09 Å². The summed E-state index contributed by atoms with van der Waals surface area (Å²) >= 11 is 0. The van der Waals surface area contributed by atoms with E-state index in [0.29, 0.717) is 13.0 Å². The third kappa shape index (κ3) is 3.30. The summed E-state index contributed by atoms with van der Waals surface area (Å²) in [4.78, 5) is 10.3. The second kappa shape index (κ2) is 4.67. The summed E-state index contributed by atoms with van der Waals surface area (Å²) < 4.78 is 5.28. The number of nitriles is 1. The van der Waals surface area contributed by atoms with E-state index in [4.69, 9.17) is 15.1 Å². The third-order valence-corrected chi connectivity index (χ3v) is 2.02. The molecule has 1 aliphatic rings. The van der Waals surface area contributed by atoms with Crippen LogP contribution in [0.15, 0.2) is 0 Å². The minimum atomic E-state index is -1.02. The van der Waals surface area contributed by atoms with E-state index in [1.165, 1.54) is 0 Å². The maximum Gasteiger partial charge on any atom is 0.404 e. The zero-order valence-corrected chi connectivity index (χ0v) is 7.19. The number of nitrogens with zero attached hydrogens (tertiary/aromatic N) is 1. The van der Waals surface area contributed by atoms with Gasteiger partial charge in [-0.05, 0) is 12.8 Å². The third-order valence-electron chi connectivity index (χ3n) is 2.02. The molecular formula is C8H12N2O3. The molecule has 1 heterocycles. The summed E-state index contributed by atoms with van der Waals surface area (Å²) in [5.41, 5.74) is 0. The maximum atomic E-state index is 10.3. The first-order valence-corrected chi connectivity index (χ1v) is 4.20. The van der Waals surface area contributed by atoms with Crippen LogP contribution in [0.2, 0.25) is 0 Å². The molecule has 0 aliphatic carbocycles. The van der Waals surface area contributed by atoms with E-state index < -0.39 is 6.09 Å². The quantitative estimate of drug-likeness (QED) is 0.662. The highest BCUT2D eigenvalue weighted by atomic mass is 16.5. The van der Waals surface area contributed by atoms with Gasteiger partial charge in [-0.1, -0.05) is 0 Å². The van der Waals surface area contributed by atoms with Crippen molar-refractivity contribution in [3.63, 3.8) is 0 Å². The smallest absolute Gasteiger partial charge is 0.404 e. The highest BCUT2D eigenvalue weighted by Crippen LogP contribution is 2.15. The molecule has 1 saturated heterocycles. The molecule has 72 valence electrons. The first kappa shape index (κ1) is 9.81. The number of ether oxygens (including phenoxy) is 1. The maximum absolute atomic E-state index is 10.3. The Balaban J connectivity index is 2.23. The molecule has 0 radical (unpaired) electrons. The van der Waals surface area contributed by atoms with Crippen LogP contribution in [0.4, 0.5) is 4.79 Å². The Hall–Kier alpha value is -1.28. The zero-order valence-electron chi connectivity index (χ0n) is 7.19. The Morgan fingerprint density at radius 1 is 1.69 bits per heavy atom. The van der Waals surface area contributed by atoms with Gasteiger partial charge in [0, 0.05) is 0 Å². The van der Waals surface area contributed by atoms with Gasteiger partial charge >= 0.3 is 6.09 Å². The molecule has 1 fully saturated rings. The van der Waals surface area contributed by atoms with Gasteiger partial charge in [-0.3, -0.25) is 0 Å². The number of carbonyl (C=O) groups is 1. The molecule has 5 heteroatoms. The van der Waals surface area contributed by atoms with Crippen LogP contribution in [0.1, 0.15) is 19.3 Å². The molecule has 0 bridgehead atoms. The second-order valence-corrected chi connectivity index (χ2v) is 3.04. The van der Waals surface area contributed by atoms with Crippen LogP contribution >= 0.6 is 0 Å². The summed E-state index contributed by atoms with van der Waals surface area (Å²) in [6.07, 6.45) is 0.848. The van der Waals surface area contributed by atoms with Crippen molar-refractivity contribution in [3.8, 4) is 6.07 Å². The lowest BCUT2D eigenvalue weighted by Gasteiger charge is -2.27. The van der Waals surface area contributed by atoms with Gasteiger partial charge in [-0.25, -0.2) is 4.79 Å². The second-order valence-electron chi connectivity index (χ2n) is 3.04. The number of nitrogens with one attached hydrogen (secondary N) is 1. The molecule has 0 aromatic rings. The summed E-state index contributed by atoms with van der Waals surface area (Å²) in [6.45, 7) is 0.374. The Morgan fingerprint density at radius 2 is 2.46 bits per heavy atom. The molecule has 1 amide bonds. The lowest BCUT2D eigenvalue weighted by molar-refractivity contribution is 0.00137. The average Bonchev–Trinajstić information content (AvgIpc) is 2.08. The normalized spacial score (nSPS) is 27.6. The van der Waals surface area contributed by atoms with Gasteiger partial charge in [0.25, 0.3) is 0 Å². The molecule has 2 atom stereocenters. The summed E-state index contributed by atoms with van der Waals surface area (Å²) in [5.74, 6) is 0. The predicted molar refractivity (Wildman–Crippen MR) is 44.2 cm³/mol. The van der Waals surface area contributed by atoms with Crippen LogP contribution in [-0.4, -0.2) is 30.0 Å². The summed E-state index contributed by atoms with van der Waals surface area (Å²) in [7, 11) is 0. The van der Waals surface area contributed by atoms with Crippen molar-refractivity contribution in [2.24, 2.45) is 0 Å². The van der Waals surface area contributed by atoms with Crippen LogP contribution < -0.4 is 5.32 Å². The van der Waals surface area contributed by atoms with Crippen LogP contribution in [-0.2, 0) is 4.74 Å². The van der Waals surface area contributed by atoms with Gasteiger partial charge < -0.3 is 15.2 Å². The van der Waals surface area contributed by atoms with Gasteiger partial charge in [-0.15, -0.1) is 0 Å². The molecule has 2 unspecified atom stereocenters. The summed E-state index contributed by atoms with van der Waals surface area (Å²) in [5, 5.41) is 19.2. The average molecular weight is 184 g/mol. The van der Waals surface area contributed by atoms with E-state index in [-0.39, 0.29) is 12.1 Å². The fourth-order valence-electron chi connectivity index (χ4n) is 1.36. The first-order chi connectivity index (χ1) is 6.22. The van der Waals surface area contributed by atoms with Gasteiger partial charge in [0.15, 0.2) is 0 Å². The molecule has 0 spiro atoms. The fraction of sp³-hybridized carbons (Fsp3) is 0.750. The van der Waals surface area contributed by atoms with Crippen molar-refractivity contribution in [1.29, 1.82) is 5.26 Å². The minimum absolute atomic E-state index is 0.0168. The van der Waals surface area contributed by atoms with E-state index in [2.05, 4.69) is 5.32 Å². The van der Waals surface area contributed by atoms with E-state index in [1.54, 1.807) is 0 Å². The van der Waals surface area contributed by atoms with E-state index in [9.17, 15) is 4.79 Å². The molecule has 0 aromatic carbocycles. The van der Waals surface area contributed by atoms with E-state index in [0.717, 1.165) is 12.8 Å². The van der Waals surface area contributed by atoms with Gasteiger partial charge in [0.1, 0.15) is 0 Å². The largest absolute Gasteiger partial charge is 0.465 e. The summed E-state index contributed by atoms with van der Waals surface area (Å²) in [6, 6.07) is 1.91. The molecule has 0 saturated carbocycles. The van der Waals surface area contributed by atoms with Crippen molar-refractivity contribution in [3.05, 3.63) is 0 Å². The molecule has 0 aromatic heterocycles. The number of hydrogen-bond acceptors (Lipinski definition) is 3. The zero-order chi connectivity index (χ0) is 9.68. The number of hydrogen-bond donors (Lipinski definition) is 2. The van der Waals surface area contributed by atoms with Crippen LogP contribution in [0.3, 0.4) is 0 Å². The van der Waals surface area contributed by atoms with Crippen molar-refractivity contribution in [2.75, 3.05) is 6.61 Å². The van der Waals surface area contributed by atoms with Gasteiger partial charge in [0.05, 0.1) is 31.2 Å². The molecule has 5 nitrogen and oxygen atoms in total. The highest BCUT2D eigenvalue weighted by Gasteiger charge is 2.22. The Kier molecular flexibility index (Phi) is 3.53. The first-order valence-electron chi connectivity index (χ1n) is 4.20. The van der Waals surface area contributed by atoms with Crippen molar-refractivity contribution < 1.29 is 14.6 Å². The topological polar surface area (TPSA) is 82.4 Å². The minimum Gasteiger partial charge on any atom is -0.465 e. The lowest BCUT2D eigenvalue weighted by Crippen LogP contribution is -2.42. The Bertz CT molecular complexity index is 216. The molecule has 2 N–H and O–H groups in total. The van der Waals surface area contributed by atoms with Crippen LogP contribution in [0, 0.1) is 11.3 Å². The molecule has 1 aliphatic heterocycles. The van der Waals surface area contributed by atoms with E-state index >= 15 is 0 Å². The predicted octanol–water partition coefficient (Wildman–Crippen LogP) is 0.715. The standard InChI is InChI=1S/C8H12N2O3/c9-4-3-7-2-1-6(5-13-7)10-8(11)12/h6-7,10H,1-3,5H2,(H,11,12). The fourth-order valence-corrected chi connectivity index (χ4v) is 1.36. The number of carboxylic acid groups (broad SMARTS) is 1. The van der Waals surface area contributed by atoms with Crippen molar-refractivity contribution in [1.82, 2.24) is 5.32 Å². The number of rotatable bonds is 2. The molecular weight excluding hydrogens is 172 g/mol. The highest BCUT2D eigenvalue weighted by molar-refractivity contribution is 5.64. The van der Waals surface area contributed by atoms with E-state index in [1.807, 2.05) is 6.07 Å². The van der Waals surface area contributed by atoms with Crippen LogP contribution in [0.25, 0.3) is 0 Å². The van der Waals surface area contributed by atoms with Crippen LogP contribution in [0.5, 0.6) is 0 Å². The van der Waals surface area contributed by atoms with Crippen molar-refractivity contribution in [2.45, 2.75) is 31.4 Å². The Morgan fingerprint density at radius 3 is 2.92 bits per heavy atom. The van der Waals surface area contributed by atoms with Gasteiger partial charge in [-0.2, -0.15) is 5.26 Å². The monoisotopic (exact) mass is 184 g/mol. The van der Waals surface area contributed by atoms with Gasteiger partial charge in [0.2, 0.25) is 0 Å². The Labute approximate surface area is 76.3 Å². The number of amides is 1. The SMILES string of the molecule is N#CCC1CCC(NC(=O)O)CO1. The molecule has 13 heavy (non-hydrogen) atoms. The molecule has 1 rings (SSSR count). The lowest BCUT2D eigenvalue weighted by atomic mass is 10.0.